The van der Waals surface area contributed by atoms with Crippen molar-refractivity contribution in [3.8, 4) is 17.0 Å². The minimum atomic E-state index is 0.313. The second-order valence-electron chi connectivity index (χ2n) is 6.98. The Bertz CT molecular complexity index is 1320. The lowest BCUT2D eigenvalue weighted by Gasteiger charge is -2.12. The number of halogens is 1. The summed E-state index contributed by atoms with van der Waals surface area (Å²) in [5.41, 5.74) is 4.74. The van der Waals surface area contributed by atoms with Gasteiger partial charge in [-0.3, -0.25) is 4.98 Å². The minimum absolute atomic E-state index is 0.313. The van der Waals surface area contributed by atoms with Crippen LogP contribution in [0.2, 0.25) is 5.02 Å². The van der Waals surface area contributed by atoms with E-state index < -0.39 is 0 Å². The number of hydrogen-bond donors (Lipinski definition) is 0. The van der Waals surface area contributed by atoms with Crippen molar-refractivity contribution in [2.45, 2.75) is 13.2 Å². The van der Waals surface area contributed by atoms with Crippen LogP contribution in [0.4, 0.5) is 0 Å². The third-order valence-corrected chi connectivity index (χ3v) is 5.36. The molecule has 0 radical (unpaired) electrons. The second kappa shape index (κ2) is 8.53. The number of fused-ring (bicyclic) bond motifs is 1. The van der Waals surface area contributed by atoms with Crippen LogP contribution in [0.1, 0.15) is 11.4 Å². The highest BCUT2D eigenvalue weighted by molar-refractivity contribution is 6.31. The number of pyridine rings is 1. The Hall–Kier alpha value is -3.77. The van der Waals surface area contributed by atoms with Crippen LogP contribution in [0, 0.1) is 0 Å². The minimum Gasteiger partial charge on any atom is -0.484 e. The Morgan fingerprint density at radius 3 is 2.68 bits per heavy atom. The first-order valence-corrected chi connectivity index (χ1v) is 10.2. The van der Waals surface area contributed by atoms with Crippen molar-refractivity contribution in [2.24, 2.45) is 0 Å². The van der Waals surface area contributed by atoms with E-state index in [1.54, 1.807) is 24.9 Å². The van der Waals surface area contributed by atoms with Crippen molar-refractivity contribution in [3.63, 3.8) is 0 Å². The first kappa shape index (κ1) is 19.2. The van der Waals surface area contributed by atoms with E-state index in [1.165, 1.54) is 0 Å². The monoisotopic (exact) mass is 427 g/mol. The van der Waals surface area contributed by atoms with Crippen molar-refractivity contribution in [3.05, 3.63) is 102 Å². The lowest BCUT2D eigenvalue weighted by atomic mass is 10.1. The Morgan fingerprint density at radius 2 is 1.87 bits per heavy atom. The molecule has 0 atom stereocenters. The standard InChI is InChI=1S/C24H18ClN5O/c25-20-6-2-1-4-18(20)14-30-23-12-17(21-9-11-27-16-28-21)7-8-22(23)29-24(30)15-31-19-5-3-10-26-13-19/h1-13,16H,14-15H2. The van der Waals surface area contributed by atoms with Crippen molar-refractivity contribution in [1.29, 1.82) is 0 Å². The predicted octanol–water partition coefficient (Wildman–Crippen LogP) is 5.17. The molecule has 3 heterocycles. The maximum absolute atomic E-state index is 6.45. The summed E-state index contributed by atoms with van der Waals surface area (Å²) in [6.07, 6.45) is 6.69. The van der Waals surface area contributed by atoms with Crippen molar-refractivity contribution >= 4 is 22.6 Å². The number of rotatable bonds is 6. The van der Waals surface area contributed by atoms with Crippen LogP contribution in [0.15, 0.2) is 85.6 Å². The average Bonchev–Trinajstić information content (AvgIpc) is 3.17. The molecule has 5 aromatic rings. The lowest BCUT2D eigenvalue weighted by Crippen LogP contribution is -2.09. The number of hydrogen-bond acceptors (Lipinski definition) is 5. The van der Waals surface area contributed by atoms with Gasteiger partial charge >= 0.3 is 0 Å². The number of aromatic nitrogens is 5. The van der Waals surface area contributed by atoms with Crippen LogP contribution in [-0.2, 0) is 13.2 Å². The molecule has 0 saturated heterocycles. The van der Waals surface area contributed by atoms with Crippen molar-refractivity contribution in [2.75, 3.05) is 0 Å². The van der Waals surface area contributed by atoms with E-state index >= 15 is 0 Å². The Morgan fingerprint density at radius 1 is 0.935 bits per heavy atom. The highest BCUT2D eigenvalue weighted by atomic mass is 35.5. The maximum Gasteiger partial charge on any atom is 0.148 e. The molecule has 5 rings (SSSR count). The highest BCUT2D eigenvalue weighted by Gasteiger charge is 2.14. The first-order valence-electron chi connectivity index (χ1n) is 9.80. The van der Waals surface area contributed by atoms with Gasteiger partial charge in [0.25, 0.3) is 0 Å². The van der Waals surface area contributed by atoms with Gasteiger partial charge in [-0.1, -0.05) is 35.9 Å². The summed E-state index contributed by atoms with van der Waals surface area (Å²) in [6, 6.07) is 19.6. The molecule has 0 aliphatic rings. The molecular formula is C24H18ClN5O. The number of benzene rings is 2. The molecule has 0 fully saturated rings. The summed E-state index contributed by atoms with van der Waals surface area (Å²) in [6.45, 7) is 0.892. The molecule has 7 heteroatoms. The summed E-state index contributed by atoms with van der Waals surface area (Å²) in [7, 11) is 0. The molecule has 0 saturated carbocycles. The molecule has 0 aliphatic heterocycles. The maximum atomic E-state index is 6.45. The summed E-state index contributed by atoms with van der Waals surface area (Å²) < 4.78 is 8.08. The lowest BCUT2D eigenvalue weighted by molar-refractivity contribution is 0.290. The third-order valence-electron chi connectivity index (χ3n) is 4.99. The molecule has 0 unspecified atom stereocenters. The van der Waals surface area contributed by atoms with Crippen LogP contribution in [-0.4, -0.2) is 24.5 Å². The third kappa shape index (κ3) is 4.11. The zero-order valence-corrected chi connectivity index (χ0v) is 17.3. The normalized spacial score (nSPS) is 11.0. The molecule has 2 aromatic carbocycles. The van der Waals surface area contributed by atoms with Gasteiger partial charge in [0.05, 0.1) is 29.5 Å². The summed E-state index contributed by atoms with van der Waals surface area (Å²) in [4.78, 5) is 17.3. The fourth-order valence-electron chi connectivity index (χ4n) is 3.46. The van der Waals surface area contributed by atoms with Crippen molar-refractivity contribution in [1.82, 2.24) is 24.5 Å². The van der Waals surface area contributed by atoms with E-state index in [0.717, 1.165) is 38.7 Å². The van der Waals surface area contributed by atoms with E-state index in [0.29, 0.717) is 18.9 Å². The highest BCUT2D eigenvalue weighted by Crippen LogP contribution is 2.26. The predicted molar refractivity (Wildman–Crippen MR) is 120 cm³/mol. The van der Waals surface area contributed by atoms with E-state index in [4.69, 9.17) is 21.3 Å². The van der Waals surface area contributed by atoms with Gasteiger partial charge in [0.1, 0.15) is 24.5 Å². The van der Waals surface area contributed by atoms with Gasteiger partial charge < -0.3 is 9.30 Å². The van der Waals surface area contributed by atoms with Crippen LogP contribution < -0.4 is 4.74 Å². The zero-order chi connectivity index (χ0) is 21.0. The van der Waals surface area contributed by atoms with Gasteiger partial charge in [-0.25, -0.2) is 15.0 Å². The molecule has 31 heavy (non-hydrogen) atoms. The number of imidazole rings is 1. The molecule has 3 aromatic heterocycles. The fraction of sp³-hybridized carbons (Fsp3) is 0.0833. The Balaban J connectivity index is 1.58. The summed E-state index contributed by atoms with van der Waals surface area (Å²) >= 11 is 6.45. The van der Waals surface area contributed by atoms with E-state index in [2.05, 4.69) is 25.6 Å². The van der Waals surface area contributed by atoms with E-state index in [1.807, 2.05) is 54.6 Å². The van der Waals surface area contributed by atoms with Gasteiger partial charge in [0.2, 0.25) is 0 Å². The number of ether oxygens (including phenoxy) is 1. The largest absolute Gasteiger partial charge is 0.484 e. The Labute approximate surface area is 184 Å². The van der Waals surface area contributed by atoms with Gasteiger partial charge in [-0.15, -0.1) is 0 Å². The second-order valence-corrected chi connectivity index (χ2v) is 7.39. The van der Waals surface area contributed by atoms with E-state index in [9.17, 15) is 0 Å². The fourth-order valence-corrected chi connectivity index (χ4v) is 3.65. The van der Waals surface area contributed by atoms with Crippen LogP contribution in [0.25, 0.3) is 22.3 Å². The molecule has 6 nitrogen and oxygen atoms in total. The van der Waals surface area contributed by atoms with Gasteiger partial charge in [-0.2, -0.15) is 0 Å². The quantitative estimate of drug-likeness (QED) is 0.374. The smallest absolute Gasteiger partial charge is 0.148 e. The van der Waals surface area contributed by atoms with Gasteiger partial charge in [0, 0.05) is 23.0 Å². The molecule has 0 bridgehead atoms. The SMILES string of the molecule is Clc1ccccc1Cn1c(COc2cccnc2)nc2ccc(-c3ccncn3)cc21. The average molecular weight is 428 g/mol. The Kier molecular flexibility index (Phi) is 5.29. The molecule has 152 valence electrons. The van der Waals surface area contributed by atoms with Crippen molar-refractivity contribution < 1.29 is 4.74 Å². The van der Waals surface area contributed by atoms with Gasteiger partial charge in [0.15, 0.2) is 0 Å². The van der Waals surface area contributed by atoms with Crippen LogP contribution in [0.5, 0.6) is 5.75 Å². The molecular weight excluding hydrogens is 410 g/mol. The first-order chi connectivity index (χ1) is 15.3. The summed E-state index contributed by atoms with van der Waals surface area (Å²) in [5.74, 6) is 1.50. The van der Waals surface area contributed by atoms with Crippen LogP contribution in [0.3, 0.4) is 0 Å². The molecule has 0 spiro atoms. The molecule has 0 amide bonds. The van der Waals surface area contributed by atoms with E-state index in [-0.39, 0.29) is 0 Å². The molecule has 0 N–H and O–H groups in total. The van der Waals surface area contributed by atoms with Crippen LogP contribution >= 0.6 is 11.6 Å². The number of nitrogens with zero attached hydrogens (tertiary/aromatic N) is 5. The zero-order valence-electron chi connectivity index (χ0n) is 16.5. The summed E-state index contributed by atoms with van der Waals surface area (Å²) in [5, 5.41) is 0.718. The topological polar surface area (TPSA) is 65.7 Å². The van der Waals surface area contributed by atoms with Gasteiger partial charge in [-0.05, 0) is 42.0 Å². The molecule has 0 aliphatic carbocycles.